The highest BCUT2D eigenvalue weighted by molar-refractivity contribution is 5.94. The summed E-state index contributed by atoms with van der Waals surface area (Å²) < 4.78 is 28.1. The van der Waals surface area contributed by atoms with Gasteiger partial charge in [0.2, 0.25) is 0 Å². The van der Waals surface area contributed by atoms with E-state index < -0.39 is 6.61 Å². The van der Waals surface area contributed by atoms with Gasteiger partial charge in [0.15, 0.2) is 0 Å². The number of hydrogen-bond acceptors (Lipinski definition) is 3. The molecular weight excluding hydrogens is 266 g/mol. The Balaban J connectivity index is 2.29. The van der Waals surface area contributed by atoms with Crippen molar-refractivity contribution in [1.29, 1.82) is 0 Å². The molecule has 0 heterocycles. The Hall–Kier alpha value is -1.69. The van der Waals surface area contributed by atoms with Crippen LogP contribution >= 0.6 is 0 Å². The third kappa shape index (κ3) is 6.47. The molecule has 1 aromatic carbocycles. The molecule has 0 aliphatic rings. The average molecular weight is 286 g/mol. The van der Waals surface area contributed by atoms with E-state index in [2.05, 4.69) is 10.1 Å². The number of rotatable bonds is 9. The number of unbranched alkanes of at least 4 members (excludes halogenated alkanes) is 3. The normalized spacial score (nSPS) is 10.6. The number of nitrogens with one attached hydrogen (secondary N) is 1. The fourth-order valence-electron chi connectivity index (χ4n) is 1.71. The van der Waals surface area contributed by atoms with Crippen LogP contribution in [0.1, 0.15) is 36.0 Å². The minimum atomic E-state index is -2.86. The van der Waals surface area contributed by atoms with Crippen LogP contribution in [0.25, 0.3) is 0 Å². The van der Waals surface area contributed by atoms with Gasteiger partial charge < -0.3 is 15.8 Å². The van der Waals surface area contributed by atoms with Gasteiger partial charge in [-0.05, 0) is 43.7 Å². The molecule has 1 rings (SSSR count). The van der Waals surface area contributed by atoms with Gasteiger partial charge in [0, 0.05) is 12.1 Å². The lowest BCUT2D eigenvalue weighted by molar-refractivity contribution is -0.0498. The number of hydrogen-bond donors (Lipinski definition) is 2. The molecule has 0 atom stereocenters. The third-order valence-electron chi connectivity index (χ3n) is 2.76. The summed E-state index contributed by atoms with van der Waals surface area (Å²) in [5.74, 6) is -0.175. The summed E-state index contributed by atoms with van der Waals surface area (Å²) in [7, 11) is 0. The molecule has 20 heavy (non-hydrogen) atoms. The van der Waals surface area contributed by atoms with Gasteiger partial charge in [0.1, 0.15) is 5.75 Å². The largest absolute Gasteiger partial charge is 0.435 e. The van der Waals surface area contributed by atoms with Crippen molar-refractivity contribution in [2.75, 3.05) is 13.1 Å². The maximum atomic E-state index is 12.0. The number of alkyl halides is 2. The maximum Gasteiger partial charge on any atom is 0.387 e. The maximum absolute atomic E-state index is 12.0. The van der Waals surface area contributed by atoms with Gasteiger partial charge in [-0.15, -0.1) is 0 Å². The minimum absolute atomic E-state index is 0.0401. The summed E-state index contributed by atoms with van der Waals surface area (Å²) in [6.07, 6.45) is 3.99. The van der Waals surface area contributed by atoms with Crippen LogP contribution < -0.4 is 15.8 Å². The van der Waals surface area contributed by atoms with Gasteiger partial charge >= 0.3 is 6.61 Å². The van der Waals surface area contributed by atoms with Gasteiger partial charge in [0.05, 0.1) is 0 Å². The zero-order valence-corrected chi connectivity index (χ0v) is 11.3. The van der Waals surface area contributed by atoms with E-state index >= 15 is 0 Å². The summed E-state index contributed by atoms with van der Waals surface area (Å²) in [6, 6.07) is 5.62. The van der Waals surface area contributed by atoms with E-state index in [4.69, 9.17) is 5.73 Å². The predicted octanol–water partition coefficient (Wildman–Crippen LogP) is 2.54. The molecule has 4 nitrogen and oxygen atoms in total. The molecule has 0 saturated carbocycles. The highest BCUT2D eigenvalue weighted by atomic mass is 19.3. The van der Waals surface area contributed by atoms with Crippen molar-refractivity contribution >= 4 is 5.91 Å². The average Bonchev–Trinajstić information content (AvgIpc) is 2.42. The molecule has 1 aromatic rings. The molecule has 0 aliphatic carbocycles. The van der Waals surface area contributed by atoms with Crippen molar-refractivity contribution in [3.8, 4) is 5.75 Å². The monoisotopic (exact) mass is 286 g/mol. The summed E-state index contributed by atoms with van der Waals surface area (Å²) in [4.78, 5) is 11.7. The lowest BCUT2D eigenvalue weighted by Gasteiger charge is -2.07. The van der Waals surface area contributed by atoms with Crippen LogP contribution in [0.15, 0.2) is 24.3 Å². The van der Waals surface area contributed by atoms with Gasteiger partial charge in [-0.25, -0.2) is 0 Å². The summed E-state index contributed by atoms with van der Waals surface area (Å²) >= 11 is 0. The van der Waals surface area contributed by atoms with Crippen LogP contribution in [-0.2, 0) is 0 Å². The van der Waals surface area contributed by atoms with Crippen molar-refractivity contribution in [3.63, 3.8) is 0 Å². The van der Waals surface area contributed by atoms with Gasteiger partial charge in [-0.2, -0.15) is 8.78 Å². The molecule has 0 fully saturated rings. The molecular formula is C14H20F2N2O2. The smallest absolute Gasteiger partial charge is 0.387 e. The topological polar surface area (TPSA) is 64.3 Å². The molecule has 6 heteroatoms. The second-order valence-corrected chi connectivity index (χ2v) is 4.36. The Labute approximate surface area is 117 Å². The predicted molar refractivity (Wildman–Crippen MR) is 72.9 cm³/mol. The number of amides is 1. The van der Waals surface area contributed by atoms with Crippen LogP contribution in [0.3, 0.4) is 0 Å². The number of carbonyl (C=O) groups excluding carboxylic acids is 1. The van der Waals surface area contributed by atoms with Gasteiger partial charge in [-0.3, -0.25) is 4.79 Å². The first-order valence-corrected chi connectivity index (χ1v) is 6.66. The highest BCUT2D eigenvalue weighted by Gasteiger charge is 2.07. The van der Waals surface area contributed by atoms with Crippen molar-refractivity contribution in [2.45, 2.75) is 32.3 Å². The standard InChI is InChI=1S/C14H20F2N2O2/c15-14(16)20-12-7-5-11(6-8-12)13(19)18-10-4-2-1-3-9-17/h5-8,14H,1-4,9-10,17H2,(H,18,19). The van der Waals surface area contributed by atoms with E-state index in [1.165, 1.54) is 24.3 Å². The Bertz CT molecular complexity index is 397. The molecule has 0 unspecified atom stereocenters. The van der Waals surface area contributed by atoms with E-state index in [1.807, 2.05) is 0 Å². The van der Waals surface area contributed by atoms with Crippen molar-refractivity contribution < 1.29 is 18.3 Å². The number of halogens is 2. The van der Waals surface area contributed by atoms with E-state index in [1.54, 1.807) is 0 Å². The number of carbonyl (C=O) groups is 1. The Morgan fingerprint density at radius 1 is 1.15 bits per heavy atom. The van der Waals surface area contributed by atoms with Crippen molar-refractivity contribution in [1.82, 2.24) is 5.32 Å². The van der Waals surface area contributed by atoms with Crippen LogP contribution in [0.2, 0.25) is 0 Å². The minimum Gasteiger partial charge on any atom is -0.435 e. The van der Waals surface area contributed by atoms with Crippen LogP contribution in [-0.4, -0.2) is 25.6 Å². The molecule has 0 aliphatic heterocycles. The summed E-state index contributed by atoms with van der Waals surface area (Å²) in [5.41, 5.74) is 5.81. The molecule has 0 saturated heterocycles. The number of ether oxygens (including phenoxy) is 1. The lowest BCUT2D eigenvalue weighted by Crippen LogP contribution is -2.24. The fourth-order valence-corrected chi connectivity index (χ4v) is 1.71. The lowest BCUT2D eigenvalue weighted by atomic mass is 10.2. The van der Waals surface area contributed by atoms with Crippen molar-refractivity contribution in [2.24, 2.45) is 5.73 Å². The summed E-state index contributed by atoms with van der Waals surface area (Å²) in [6.45, 7) is -1.57. The molecule has 0 radical (unpaired) electrons. The van der Waals surface area contributed by atoms with Crippen LogP contribution in [0.4, 0.5) is 8.78 Å². The first kappa shape index (κ1) is 16.4. The Morgan fingerprint density at radius 3 is 2.40 bits per heavy atom. The first-order valence-electron chi connectivity index (χ1n) is 6.66. The van der Waals surface area contributed by atoms with E-state index in [0.717, 1.165) is 25.7 Å². The second kappa shape index (κ2) is 9.25. The number of benzene rings is 1. The second-order valence-electron chi connectivity index (χ2n) is 4.36. The van der Waals surface area contributed by atoms with E-state index in [-0.39, 0.29) is 11.7 Å². The molecule has 1 amide bonds. The zero-order chi connectivity index (χ0) is 14.8. The zero-order valence-electron chi connectivity index (χ0n) is 11.3. The molecule has 3 N–H and O–H groups in total. The Kier molecular flexibility index (Phi) is 7.57. The molecule has 0 aromatic heterocycles. The molecule has 0 spiro atoms. The highest BCUT2D eigenvalue weighted by Crippen LogP contribution is 2.14. The third-order valence-corrected chi connectivity index (χ3v) is 2.76. The first-order chi connectivity index (χ1) is 9.63. The SMILES string of the molecule is NCCCCCCNC(=O)c1ccc(OC(F)F)cc1. The fraction of sp³-hybridized carbons (Fsp3) is 0.500. The molecule has 112 valence electrons. The van der Waals surface area contributed by atoms with Crippen molar-refractivity contribution in [3.05, 3.63) is 29.8 Å². The van der Waals surface area contributed by atoms with Crippen LogP contribution in [0.5, 0.6) is 5.75 Å². The van der Waals surface area contributed by atoms with Crippen LogP contribution in [0, 0.1) is 0 Å². The van der Waals surface area contributed by atoms with E-state index in [9.17, 15) is 13.6 Å². The van der Waals surface area contributed by atoms with Gasteiger partial charge in [0.25, 0.3) is 5.91 Å². The molecule has 0 bridgehead atoms. The Morgan fingerprint density at radius 2 is 1.80 bits per heavy atom. The van der Waals surface area contributed by atoms with Gasteiger partial charge in [-0.1, -0.05) is 12.8 Å². The van der Waals surface area contributed by atoms with E-state index in [0.29, 0.717) is 18.7 Å². The number of nitrogens with two attached hydrogens (primary N) is 1. The summed E-state index contributed by atoms with van der Waals surface area (Å²) in [5, 5.41) is 2.78. The quantitative estimate of drug-likeness (QED) is 0.686.